The number of hydrogen-bond acceptors (Lipinski definition) is 24. The normalized spacial score (nSPS) is 15.0. The van der Waals surface area contributed by atoms with Crippen molar-refractivity contribution in [3.8, 4) is 5.75 Å². The van der Waals surface area contributed by atoms with E-state index in [1.54, 1.807) is 77.3 Å². The van der Waals surface area contributed by atoms with Gasteiger partial charge in [-0.3, -0.25) is 67.8 Å². The van der Waals surface area contributed by atoms with Crippen LogP contribution in [0.4, 0.5) is 4.79 Å². The number of amides is 13. The summed E-state index contributed by atoms with van der Waals surface area (Å²) < 4.78 is 16.6. The molecule has 0 aliphatic heterocycles. The summed E-state index contributed by atoms with van der Waals surface area (Å²) in [5.41, 5.74) is 5.27. The van der Waals surface area contributed by atoms with Gasteiger partial charge in [0.05, 0.1) is 56.9 Å². The van der Waals surface area contributed by atoms with Gasteiger partial charge in [-0.2, -0.15) is 0 Å². The minimum atomic E-state index is -2.05. The van der Waals surface area contributed by atoms with Gasteiger partial charge in [0, 0.05) is 37.6 Å². The van der Waals surface area contributed by atoms with E-state index < -0.39 is 218 Å². The number of imidazole rings is 1. The standard InChI is InChI=1S/C65H98N16O22/c1-33(84)50(79-48(88)28-69-52(90)39(21-22-47(66)87)71-58(96)46(31-101-63(3,4)5)77-54(92)42(25-37-27-68-32-70-37)78-62(100)103-65(9,10)11)60(98)74-41(23-35-15-13-12-14-16-35)56(94)80-51(34(2)85)61(99)76-44(29-82)57(95)73-43(26-49(89)102-64(6,7)8)55(93)72-40(24-36-17-19-38(86)20-18-36)53(91)75-45(30-83)59(97)81-67/h12-20,27,32-34,39-46,50-51,82-86H,21-26,28-31,67H2,1-11H3,(H2,66,87)(H,68,70)(H,69,90)(H,71,96)(H,72,93)(H,73,95)(H,74,98)(H,75,91)(H,76,99)(H,77,92)(H,78,100)(H,79,88)(H,80,94)(H,81,97)/t33-,34-,39+,40+,41+,42+,43+,44+,45+,46+,50+,51+/m1/s1. The molecule has 1 heterocycles. The summed E-state index contributed by atoms with van der Waals surface area (Å²) >= 11 is 0. The lowest BCUT2D eigenvalue weighted by atomic mass is 10.0. The van der Waals surface area contributed by atoms with E-state index in [1.807, 2.05) is 0 Å². The summed E-state index contributed by atoms with van der Waals surface area (Å²) in [5, 5.41) is 77.6. The number of H-pyrrole nitrogens is 1. The molecule has 0 fully saturated rings. The van der Waals surface area contributed by atoms with Crippen molar-refractivity contribution in [3.05, 3.63) is 83.9 Å². The van der Waals surface area contributed by atoms with Crippen molar-refractivity contribution in [3.63, 3.8) is 0 Å². The number of phenolic OH excluding ortho intramolecular Hbond substituents is 1. The molecule has 0 spiro atoms. The van der Waals surface area contributed by atoms with Crippen LogP contribution in [-0.4, -0.2) is 234 Å². The van der Waals surface area contributed by atoms with Gasteiger partial charge in [-0.15, -0.1) is 0 Å². The van der Waals surface area contributed by atoms with Crippen molar-refractivity contribution < 1.29 is 107 Å². The van der Waals surface area contributed by atoms with Crippen LogP contribution in [0.3, 0.4) is 0 Å². The molecular formula is C65H98N16O22. The maximum Gasteiger partial charge on any atom is 0.408 e. The molecule has 22 N–H and O–H groups in total. The zero-order valence-corrected chi connectivity index (χ0v) is 59.1. The van der Waals surface area contributed by atoms with Gasteiger partial charge >= 0.3 is 12.1 Å². The predicted octanol–water partition coefficient (Wildman–Crippen LogP) is -5.94. The summed E-state index contributed by atoms with van der Waals surface area (Å²) in [6.45, 7) is 12.7. The number of primary amides is 1. The van der Waals surface area contributed by atoms with Gasteiger partial charge in [0.2, 0.25) is 65.0 Å². The first-order valence-electron chi connectivity index (χ1n) is 32.5. The smallest absolute Gasteiger partial charge is 0.408 e. The summed E-state index contributed by atoms with van der Waals surface area (Å²) in [5.74, 6) is -9.61. The van der Waals surface area contributed by atoms with Crippen LogP contribution >= 0.6 is 0 Å². The number of hydrazine groups is 1. The lowest BCUT2D eigenvalue weighted by Crippen LogP contribution is -2.63. The molecule has 0 radical (unpaired) electrons. The molecule has 0 unspecified atom stereocenters. The van der Waals surface area contributed by atoms with Crippen molar-refractivity contribution in [2.24, 2.45) is 11.6 Å². The van der Waals surface area contributed by atoms with Gasteiger partial charge in [0.25, 0.3) is 5.91 Å². The summed E-state index contributed by atoms with van der Waals surface area (Å²) in [4.78, 5) is 197. The molecule has 1 aromatic heterocycles. The van der Waals surface area contributed by atoms with Crippen LogP contribution in [-0.2, 0) is 95.8 Å². The fourth-order valence-corrected chi connectivity index (χ4v) is 9.19. The number of phenols is 1. The van der Waals surface area contributed by atoms with Crippen LogP contribution in [0.5, 0.6) is 5.75 Å². The van der Waals surface area contributed by atoms with Gasteiger partial charge in [-0.25, -0.2) is 15.6 Å². The Morgan fingerprint density at radius 1 is 0.505 bits per heavy atom. The number of aromatic hydroxyl groups is 1. The van der Waals surface area contributed by atoms with Crippen molar-refractivity contribution in [2.75, 3.05) is 26.4 Å². The molecule has 38 nitrogen and oxygen atoms in total. The summed E-state index contributed by atoms with van der Waals surface area (Å²) in [6.07, 6.45) is -4.61. The number of rotatable bonds is 39. The molecule has 3 rings (SSSR count). The average Bonchev–Trinajstić information content (AvgIpc) is 1.58. The first-order valence-corrected chi connectivity index (χ1v) is 32.5. The zero-order chi connectivity index (χ0) is 77.7. The number of alkyl carbamates (subject to hydrolysis) is 1. The second-order valence-corrected chi connectivity index (χ2v) is 26.8. The molecule has 0 aliphatic carbocycles. The van der Waals surface area contributed by atoms with Crippen LogP contribution in [0.1, 0.15) is 112 Å². The maximum atomic E-state index is 14.4. The molecule has 13 amide bonds. The lowest BCUT2D eigenvalue weighted by molar-refractivity contribution is -0.157. The Kier molecular flexibility index (Phi) is 34.5. The number of aromatic amines is 1. The van der Waals surface area contributed by atoms with E-state index in [0.717, 1.165) is 13.8 Å². The van der Waals surface area contributed by atoms with Crippen molar-refractivity contribution >= 4 is 82.9 Å². The van der Waals surface area contributed by atoms with Gasteiger partial charge in [-0.1, -0.05) is 42.5 Å². The van der Waals surface area contributed by atoms with E-state index in [1.165, 1.54) is 57.6 Å². The van der Waals surface area contributed by atoms with Crippen LogP contribution < -0.4 is 75.5 Å². The van der Waals surface area contributed by atoms with Crippen molar-refractivity contribution in [2.45, 2.75) is 204 Å². The molecule has 0 bridgehead atoms. The molecule has 0 saturated carbocycles. The van der Waals surface area contributed by atoms with Gasteiger partial charge in [0.1, 0.15) is 77.4 Å². The number of esters is 1. The average molecular weight is 1460 g/mol. The third-order valence-electron chi connectivity index (χ3n) is 14.3. The van der Waals surface area contributed by atoms with E-state index in [4.69, 9.17) is 25.8 Å². The third kappa shape index (κ3) is 32.4. The number of hydrogen-bond donors (Lipinski definition) is 20. The molecule has 12 atom stereocenters. The Bertz CT molecular complexity index is 3380. The molecule has 0 saturated heterocycles. The number of aliphatic hydroxyl groups excluding tert-OH is 4. The third-order valence-corrected chi connectivity index (χ3v) is 14.3. The second kappa shape index (κ2) is 40.9. The second-order valence-electron chi connectivity index (χ2n) is 26.8. The van der Waals surface area contributed by atoms with Crippen LogP contribution in [0.2, 0.25) is 0 Å². The Hall–Kier alpha value is -10.4. The first kappa shape index (κ1) is 86.8. The highest BCUT2D eigenvalue weighted by molar-refractivity contribution is 6.00. The van der Waals surface area contributed by atoms with Crippen molar-refractivity contribution in [1.29, 1.82) is 0 Å². The van der Waals surface area contributed by atoms with Gasteiger partial charge < -0.3 is 109 Å². The fraction of sp³-hybridized carbons (Fsp3) is 0.554. The number of nitrogens with zero attached hydrogens (tertiary/aromatic N) is 1. The lowest BCUT2D eigenvalue weighted by Gasteiger charge is -2.29. The molecule has 570 valence electrons. The SMILES string of the molecule is C[C@@H](O)[C@H](NC(=O)CNC(=O)[C@H](CCC(N)=O)NC(=O)[C@H](COC(C)(C)C)NC(=O)[C@H](Cc1cnc[nH]1)NC(=O)OC(C)(C)C)C(=O)N[C@@H](Cc1ccccc1)C(=O)N[C@H](C(=O)N[C@@H](CO)C(=O)N[C@@H](CC(=O)OC(C)(C)C)C(=O)N[C@@H](Cc1ccc(O)cc1)C(=O)N[C@@H](CO)C(=O)NN)[C@@H](C)O. The fourth-order valence-electron chi connectivity index (χ4n) is 9.19. The van der Waals surface area contributed by atoms with Gasteiger partial charge in [-0.05, 0) is 106 Å². The van der Waals surface area contributed by atoms with E-state index >= 15 is 0 Å². The molecule has 38 heteroatoms. The molecular weight excluding hydrogens is 1360 g/mol. The Labute approximate surface area is 593 Å². The van der Waals surface area contributed by atoms with Crippen molar-refractivity contribution in [1.82, 2.24) is 73.9 Å². The zero-order valence-electron chi connectivity index (χ0n) is 59.1. The van der Waals surface area contributed by atoms with Crippen LogP contribution in [0.25, 0.3) is 0 Å². The monoisotopic (exact) mass is 1450 g/mol. The number of benzene rings is 2. The van der Waals surface area contributed by atoms with E-state index in [0.29, 0.717) is 16.8 Å². The Morgan fingerprint density at radius 3 is 1.46 bits per heavy atom. The minimum Gasteiger partial charge on any atom is -0.508 e. The van der Waals surface area contributed by atoms with E-state index in [2.05, 4.69) is 68.5 Å². The highest BCUT2D eigenvalue weighted by Gasteiger charge is 2.39. The highest BCUT2D eigenvalue weighted by atomic mass is 16.6. The highest BCUT2D eigenvalue weighted by Crippen LogP contribution is 2.16. The maximum absolute atomic E-state index is 14.4. The largest absolute Gasteiger partial charge is 0.508 e. The van der Waals surface area contributed by atoms with Crippen LogP contribution in [0.15, 0.2) is 67.1 Å². The number of nitrogens with one attached hydrogen (secondary N) is 13. The summed E-state index contributed by atoms with van der Waals surface area (Å²) in [6, 6.07) is -4.41. The van der Waals surface area contributed by atoms with Gasteiger partial charge in [0.15, 0.2) is 0 Å². The quantitative estimate of drug-likeness (QED) is 0.0109. The predicted molar refractivity (Wildman–Crippen MR) is 362 cm³/mol. The summed E-state index contributed by atoms with van der Waals surface area (Å²) in [7, 11) is 0. The number of aromatic nitrogens is 2. The molecule has 0 aliphatic rings. The minimum absolute atomic E-state index is 0.161. The number of carbonyl (C=O) groups excluding carboxylic acids is 14. The molecule has 3 aromatic rings. The Balaban J connectivity index is 1.88. The number of ether oxygens (including phenoxy) is 3. The first-order chi connectivity index (χ1) is 48.0. The van der Waals surface area contributed by atoms with E-state index in [9.17, 15) is 92.7 Å². The number of carbonyl (C=O) groups is 14. The molecule has 2 aromatic carbocycles. The Morgan fingerprint density at radius 2 is 0.951 bits per heavy atom. The number of aliphatic hydroxyl groups is 4. The number of nitrogens with two attached hydrogens (primary N) is 2. The molecule has 103 heavy (non-hydrogen) atoms. The topological polar surface area (TPSA) is 593 Å². The van der Waals surface area contributed by atoms with Crippen LogP contribution in [0, 0.1) is 0 Å². The van der Waals surface area contributed by atoms with E-state index in [-0.39, 0.29) is 25.0 Å².